The first-order valence-electron chi connectivity index (χ1n) is 6.78. The summed E-state index contributed by atoms with van der Waals surface area (Å²) in [4.78, 5) is 16.3. The monoisotopic (exact) mass is 281 g/mol. The van der Waals surface area contributed by atoms with Gasteiger partial charge in [-0.2, -0.15) is 0 Å². The van der Waals surface area contributed by atoms with Gasteiger partial charge in [0.25, 0.3) is 5.91 Å². The molecule has 1 saturated carbocycles. The smallest absolute Gasteiger partial charge is 0.251 e. The molecule has 104 valence electrons. The maximum atomic E-state index is 12.2. The molecule has 2 rings (SSSR count). The lowest BCUT2D eigenvalue weighted by Gasteiger charge is -2.17. The predicted octanol–water partition coefficient (Wildman–Crippen LogP) is 3.09. The molecule has 1 atom stereocenters. The molecule has 1 amide bonds. The van der Waals surface area contributed by atoms with E-state index >= 15 is 0 Å². The van der Waals surface area contributed by atoms with E-state index in [2.05, 4.69) is 22.5 Å². The number of nitrogens with one attached hydrogen (secondary N) is 2. The van der Waals surface area contributed by atoms with Gasteiger partial charge in [-0.15, -0.1) is 0 Å². The number of carbonyl (C=O) groups is 1. The maximum Gasteiger partial charge on any atom is 0.251 e. The number of anilines is 1. The Bertz CT molecular complexity index is 460. The van der Waals surface area contributed by atoms with E-state index in [-0.39, 0.29) is 11.9 Å². The van der Waals surface area contributed by atoms with Crippen LogP contribution in [0.3, 0.4) is 0 Å². The predicted molar refractivity (Wildman–Crippen MR) is 77.7 cm³/mol. The highest BCUT2D eigenvalue weighted by Crippen LogP contribution is 2.34. The molecule has 1 aromatic heterocycles. The van der Waals surface area contributed by atoms with Crippen molar-refractivity contribution in [1.82, 2.24) is 10.3 Å². The fourth-order valence-electron chi connectivity index (χ4n) is 2.11. The van der Waals surface area contributed by atoms with Crippen LogP contribution < -0.4 is 10.6 Å². The Morgan fingerprint density at radius 2 is 2.26 bits per heavy atom. The summed E-state index contributed by atoms with van der Waals surface area (Å²) in [6, 6.07) is 3.57. The summed E-state index contributed by atoms with van der Waals surface area (Å²) in [5, 5.41) is 6.30. The van der Waals surface area contributed by atoms with Crippen LogP contribution >= 0.6 is 11.6 Å². The first kappa shape index (κ1) is 14.1. The minimum Gasteiger partial charge on any atom is -0.373 e. The molecule has 1 heterocycles. The van der Waals surface area contributed by atoms with Crippen molar-refractivity contribution in [3.8, 4) is 0 Å². The number of nitrogens with zero attached hydrogens (tertiary/aromatic N) is 1. The average Bonchev–Trinajstić information content (AvgIpc) is 3.20. The van der Waals surface area contributed by atoms with Gasteiger partial charge in [-0.3, -0.25) is 4.79 Å². The van der Waals surface area contributed by atoms with Gasteiger partial charge in [0.1, 0.15) is 11.0 Å². The Morgan fingerprint density at radius 3 is 2.84 bits per heavy atom. The van der Waals surface area contributed by atoms with E-state index in [1.807, 2.05) is 0 Å². The standard InChI is InChI=1S/C14H20ClN3O/c1-3-11(6-9-4-5-9)17-14(19)10-7-12(15)18-13(8-10)16-2/h7-9,11H,3-6H2,1-2H3,(H,16,18)(H,17,19). The Kier molecular flexibility index (Phi) is 4.64. The molecule has 5 heteroatoms. The number of hydrogen-bond donors (Lipinski definition) is 2. The second kappa shape index (κ2) is 6.24. The van der Waals surface area contributed by atoms with Gasteiger partial charge >= 0.3 is 0 Å². The number of hydrogen-bond acceptors (Lipinski definition) is 3. The number of aromatic nitrogens is 1. The molecule has 0 aliphatic heterocycles. The third kappa shape index (κ3) is 4.10. The van der Waals surface area contributed by atoms with Crippen LogP contribution in [-0.4, -0.2) is 24.0 Å². The molecule has 1 aromatic rings. The fraction of sp³-hybridized carbons (Fsp3) is 0.571. The molecular weight excluding hydrogens is 262 g/mol. The third-order valence-corrected chi connectivity index (χ3v) is 3.65. The number of amides is 1. The molecule has 1 aliphatic rings. The largest absolute Gasteiger partial charge is 0.373 e. The van der Waals surface area contributed by atoms with Crippen molar-refractivity contribution >= 4 is 23.3 Å². The van der Waals surface area contributed by atoms with Crippen LogP contribution in [0.1, 0.15) is 43.0 Å². The summed E-state index contributed by atoms with van der Waals surface area (Å²) in [6.07, 6.45) is 4.65. The molecule has 0 spiro atoms. The Balaban J connectivity index is 2.03. The van der Waals surface area contributed by atoms with Crippen LogP contribution in [0, 0.1) is 5.92 Å². The lowest BCUT2D eigenvalue weighted by molar-refractivity contribution is 0.0932. The van der Waals surface area contributed by atoms with Crippen LogP contribution in [0.5, 0.6) is 0 Å². The van der Waals surface area contributed by atoms with Crippen LogP contribution in [-0.2, 0) is 0 Å². The van der Waals surface area contributed by atoms with E-state index < -0.39 is 0 Å². The summed E-state index contributed by atoms with van der Waals surface area (Å²) in [6.45, 7) is 2.10. The minimum absolute atomic E-state index is 0.0756. The van der Waals surface area contributed by atoms with Gasteiger partial charge < -0.3 is 10.6 Å². The normalized spacial score (nSPS) is 15.9. The fourth-order valence-corrected chi connectivity index (χ4v) is 2.32. The topological polar surface area (TPSA) is 54.0 Å². The van der Waals surface area contributed by atoms with Crippen molar-refractivity contribution in [3.63, 3.8) is 0 Å². The minimum atomic E-state index is -0.0756. The molecule has 0 aromatic carbocycles. The van der Waals surface area contributed by atoms with Crippen LogP contribution in [0.4, 0.5) is 5.82 Å². The highest BCUT2D eigenvalue weighted by Gasteiger charge is 2.25. The number of carbonyl (C=O) groups excluding carboxylic acids is 1. The van der Waals surface area contributed by atoms with E-state index in [4.69, 9.17) is 11.6 Å². The molecule has 4 nitrogen and oxygen atoms in total. The molecule has 0 bridgehead atoms. The molecule has 0 radical (unpaired) electrons. The molecule has 19 heavy (non-hydrogen) atoms. The van der Waals surface area contributed by atoms with Gasteiger partial charge in [-0.25, -0.2) is 4.98 Å². The van der Waals surface area contributed by atoms with Crippen molar-refractivity contribution in [2.75, 3.05) is 12.4 Å². The lowest BCUT2D eigenvalue weighted by atomic mass is 10.1. The van der Waals surface area contributed by atoms with Crippen molar-refractivity contribution in [1.29, 1.82) is 0 Å². The Morgan fingerprint density at radius 1 is 1.53 bits per heavy atom. The summed E-state index contributed by atoms with van der Waals surface area (Å²) >= 11 is 5.91. The van der Waals surface area contributed by atoms with Crippen molar-refractivity contribution in [2.45, 2.75) is 38.6 Å². The van der Waals surface area contributed by atoms with Crippen LogP contribution in [0.25, 0.3) is 0 Å². The van der Waals surface area contributed by atoms with Gasteiger partial charge in [-0.05, 0) is 30.9 Å². The molecule has 0 saturated heterocycles. The summed E-state index contributed by atoms with van der Waals surface area (Å²) in [5.41, 5.74) is 0.554. The second-order valence-electron chi connectivity index (χ2n) is 5.07. The number of rotatable bonds is 6. The maximum absolute atomic E-state index is 12.2. The SMILES string of the molecule is CCC(CC1CC1)NC(=O)c1cc(Cl)nc(NC)c1. The van der Waals surface area contributed by atoms with Gasteiger partial charge in [0.15, 0.2) is 0 Å². The van der Waals surface area contributed by atoms with Gasteiger partial charge in [0.05, 0.1) is 0 Å². The van der Waals surface area contributed by atoms with E-state index in [0.717, 1.165) is 18.8 Å². The van der Waals surface area contributed by atoms with Crippen LogP contribution in [0.15, 0.2) is 12.1 Å². The molecule has 1 unspecified atom stereocenters. The highest BCUT2D eigenvalue weighted by molar-refractivity contribution is 6.29. The zero-order chi connectivity index (χ0) is 13.8. The van der Waals surface area contributed by atoms with Gasteiger partial charge in [-0.1, -0.05) is 31.4 Å². The zero-order valence-corrected chi connectivity index (χ0v) is 12.1. The van der Waals surface area contributed by atoms with Gasteiger partial charge in [0, 0.05) is 18.7 Å². The number of halogens is 1. The third-order valence-electron chi connectivity index (χ3n) is 3.46. The second-order valence-corrected chi connectivity index (χ2v) is 5.46. The van der Waals surface area contributed by atoms with E-state index in [9.17, 15) is 4.79 Å². The van der Waals surface area contributed by atoms with Crippen molar-refractivity contribution < 1.29 is 4.79 Å². The van der Waals surface area contributed by atoms with E-state index in [1.54, 1.807) is 19.2 Å². The molecular formula is C14H20ClN3O. The molecule has 1 aliphatic carbocycles. The van der Waals surface area contributed by atoms with Crippen LogP contribution in [0.2, 0.25) is 5.15 Å². The van der Waals surface area contributed by atoms with Crippen molar-refractivity contribution in [2.24, 2.45) is 5.92 Å². The molecule has 1 fully saturated rings. The average molecular weight is 282 g/mol. The van der Waals surface area contributed by atoms with Gasteiger partial charge in [0.2, 0.25) is 0 Å². The quantitative estimate of drug-likeness (QED) is 0.788. The zero-order valence-electron chi connectivity index (χ0n) is 11.4. The first-order chi connectivity index (χ1) is 9.12. The summed E-state index contributed by atoms with van der Waals surface area (Å²) < 4.78 is 0. The van der Waals surface area contributed by atoms with Crippen molar-refractivity contribution in [3.05, 3.63) is 22.8 Å². The van der Waals surface area contributed by atoms with E-state index in [0.29, 0.717) is 16.5 Å². The highest BCUT2D eigenvalue weighted by atomic mass is 35.5. The number of pyridine rings is 1. The Hall–Kier alpha value is -1.29. The Labute approximate surface area is 118 Å². The summed E-state index contributed by atoms with van der Waals surface area (Å²) in [7, 11) is 1.75. The molecule has 2 N–H and O–H groups in total. The lowest BCUT2D eigenvalue weighted by Crippen LogP contribution is -2.34. The first-order valence-corrected chi connectivity index (χ1v) is 7.16. The summed E-state index contributed by atoms with van der Waals surface area (Å²) in [5.74, 6) is 1.33. The van der Waals surface area contributed by atoms with E-state index in [1.165, 1.54) is 12.8 Å².